The van der Waals surface area contributed by atoms with Gasteiger partial charge in [0.2, 0.25) is 11.8 Å². The summed E-state index contributed by atoms with van der Waals surface area (Å²) in [4.78, 5) is 44.7. The van der Waals surface area contributed by atoms with E-state index in [0.717, 1.165) is 44.9 Å². The quantitative estimate of drug-likeness (QED) is 0.496. The molecule has 0 aromatic carbocycles. The fraction of sp³-hybridized carbons (Fsp3) is 0.731. The molecule has 1 spiro atoms. The molecule has 4 aliphatic heterocycles. The molecular weight excluding hydrogens is 436 g/mol. The zero-order valence-corrected chi connectivity index (χ0v) is 19.8. The summed E-state index contributed by atoms with van der Waals surface area (Å²) in [6.45, 7) is 0.978. The van der Waals surface area contributed by atoms with E-state index in [1.165, 1.54) is 6.42 Å². The topological polar surface area (TPSA) is 96.4 Å². The van der Waals surface area contributed by atoms with Crippen LogP contribution < -0.4 is 0 Å². The van der Waals surface area contributed by atoms with Crippen LogP contribution in [0.5, 0.6) is 0 Å². The average Bonchev–Trinajstić information content (AvgIpc) is 3.23. The summed E-state index contributed by atoms with van der Waals surface area (Å²) in [5, 5.41) is 9.48. The Morgan fingerprint density at radius 1 is 1.03 bits per heavy atom. The Morgan fingerprint density at radius 2 is 1.85 bits per heavy atom. The number of likely N-dealkylation sites (tertiary alicyclic amines) is 1. The Bertz CT molecular complexity index is 865. The Labute approximate surface area is 200 Å². The largest absolute Gasteiger partial charge is 0.465 e. The molecule has 0 radical (unpaired) electrons. The Kier molecular flexibility index (Phi) is 6.80. The minimum absolute atomic E-state index is 0.0811. The predicted molar refractivity (Wildman–Crippen MR) is 123 cm³/mol. The van der Waals surface area contributed by atoms with Gasteiger partial charge in [-0.05, 0) is 38.5 Å². The highest BCUT2D eigenvalue weighted by Gasteiger charge is 2.71. The first-order valence-electron chi connectivity index (χ1n) is 13.0. The number of fused-ring (bicyclic) bond motifs is 2. The molecular formula is C26H36N2O6. The molecule has 3 fully saturated rings. The van der Waals surface area contributed by atoms with Crippen LogP contribution in [0.2, 0.25) is 0 Å². The normalized spacial score (nSPS) is 37.6. The van der Waals surface area contributed by atoms with E-state index in [2.05, 4.69) is 0 Å². The number of esters is 1. The minimum Gasteiger partial charge on any atom is -0.465 e. The van der Waals surface area contributed by atoms with Gasteiger partial charge in [0.15, 0.2) is 0 Å². The van der Waals surface area contributed by atoms with E-state index in [1.807, 2.05) is 29.2 Å². The summed E-state index contributed by atoms with van der Waals surface area (Å²) < 4.78 is 12.2. The molecule has 4 heterocycles. The van der Waals surface area contributed by atoms with Crippen molar-refractivity contribution in [3.05, 3.63) is 24.3 Å². The third kappa shape index (κ3) is 3.88. The Morgan fingerprint density at radius 3 is 2.65 bits per heavy atom. The van der Waals surface area contributed by atoms with Crippen molar-refractivity contribution in [2.75, 3.05) is 26.3 Å². The van der Waals surface area contributed by atoms with Crippen molar-refractivity contribution >= 4 is 17.8 Å². The van der Waals surface area contributed by atoms with Gasteiger partial charge in [-0.1, -0.05) is 43.6 Å². The molecule has 0 bridgehead atoms. The van der Waals surface area contributed by atoms with Crippen LogP contribution in [0.15, 0.2) is 24.3 Å². The minimum atomic E-state index is -1.21. The number of aliphatic hydroxyl groups excluding tert-OH is 1. The van der Waals surface area contributed by atoms with Crippen molar-refractivity contribution in [3.8, 4) is 0 Å². The van der Waals surface area contributed by atoms with Crippen LogP contribution in [0.4, 0.5) is 0 Å². The smallest absolute Gasteiger partial charge is 0.312 e. The molecule has 1 unspecified atom stereocenters. The van der Waals surface area contributed by atoms with Gasteiger partial charge in [0.25, 0.3) is 0 Å². The molecule has 186 valence electrons. The maximum absolute atomic E-state index is 14.1. The first-order valence-corrected chi connectivity index (χ1v) is 13.0. The SMILES string of the molecule is O=C1OCCCC/C=C\[C@H]2O[C@]34C=CCN(C5CCCCC5)C(=O)C3N(CCCO)C(=O)[C@@H]4[C@@H]12. The van der Waals surface area contributed by atoms with Crippen molar-refractivity contribution in [2.24, 2.45) is 11.8 Å². The summed E-state index contributed by atoms with van der Waals surface area (Å²) in [5.74, 6) is -2.39. The van der Waals surface area contributed by atoms with Gasteiger partial charge in [-0.2, -0.15) is 0 Å². The van der Waals surface area contributed by atoms with Crippen LogP contribution in [-0.2, 0) is 23.9 Å². The van der Waals surface area contributed by atoms with Crippen LogP contribution in [0.25, 0.3) is 0 Å². The zero-order valence-electron chi connectivity index (χ0n) is 19.8. The summed E-state index contributed by atoms with van der Waals surface area (Å²) in [7, 11) is 0. The van der Waals surface area contributed by atoms with E-state index in [9.17, 15) is 19.5 Å². The van der Waals surface area contributed by atoms with E-state index in [4.69, 9.17) is 9.47 Å². The van der Waals surface area contributed by atoms with E-state index in [-0.39, 0.29) is 31.0 Å². The molecule has 0 aromatic heterocycles. The molecule has 5 rings (SSSR count). The molecule has 5 aliphatic rings. The summed E-state index contributed by atoms with van der Waals surface area (Å²) >= 11 is 0. The van der Waals surface area contributed by atoms with Crippen LogP contribution in [0.1, 0.15) is 57.8 Å². The van der Waals surface area contributed by atoms with Gasteiger partial charge in [0.1, 0.15) is 17.6 Å². The number of nitrogens with zero attached hydrogens (tertiary/aromatic N) is 2. The van der Waals surface area contributed by atoms with Crippen LogP contribution >= 0.6 is 0 Å². The highest BCUT2D eigenvalue weighted by molar-refractivity contribution is 5.99. The molecule has 1 N–H and O–H groups in total. The first-order chi connectivity index (χ1) is 16.6. The van der Waals surface area contributed by atoms with Crippen LogP contribution in [-0.4, -0.2) is 82.8 Å². The van der Waals surface area contributed by atoms with E-state index >= 15 is 0 Å². The molecule has 1 saturated carbocycles. The zero-order chi connectivity index (χ0) is 23.7. The average molecular weight is 473 g/mol. The number of aliphatic hydroxyl groups is 1. The van der Waals surface area contributed by atoms with Crippen molar-refractivity contribution in [3.63, 3.8) is 0 Å². The van der Waals surface area contributed by atoms with Crippen molar-refractivity contribution < 1.29 is 29.0 Å². The molecule has 8 heteroatoms. The van der Waals surface area contributed by atoms with Gasteiger partial charge in [-0.15, -0.1) is 0 Å². The molecule has 34 heavy (non-hydrogen) atoms. The maximum atomic E-state index is 14.1. The Balaban J connectivity index is 1.55. The lowest BCUT2D eigenvalue weighted by Crippen LogP contribution is -2.57. The summed E-state index contributed by atoms with van der Waals surface area (Å²) in [6.07, 6.45) is 15.4. The summed E-state index contributed by atoms with van der Waals surface area (Å²) in [6, 6.07) is -0.682. The highest BCUT2D eigenvalue weighted by Crippen LogP contribution is 2.53. The van der Waals surface area contributed by atoms with Gasteiger partial charge < -0.3 is 24.4 Å². The molecule has 2 saturated heterocycles. The fourth-order valence-corrected chi connectivity index (χ4v) is 6.64. The molecule has 2 amide bonds. The van der Waals surface area contributed by atoms with Crippen LogP contribution in [0, 0.1) is 11.8 Å². The number of carbonyl (C=O) groups is 3. The first kappa shape index (κ1) is 23.5. The van der Waals surface area contributed by atoms with Crippen molar-refractivity contribution in [2.45, 2.75) is 81.6 Å². The predicted octanol–water partition coefficient (Wildman–Crippen LogP) is 1.96. The number of ether oxygens (including phenoxy) is 2. The third-order valence-corrected chi connectivity index (χ3v) is 8.20. The maximum Gasteiger partial charge on any atom is 0.312 e. The Hall–Kier alpha value is -2.19. The number of hydrogen-bond donors (Lipinski definition) is 1. The monoisotopic (exact) mass is 472 g/mol. The fourth-order valence-electron chi connectivity index (χ4n) is 6.64. The van der Waals surface area contributed by atoms with Gasteiger partial charge in [0.05, 0.1) is 18.6 Å². The lowest BCUT2D eigenvalue weighted by atomic mass is 9.77. The number of carbonyl (C=O) groups excluding carboxylic acids is 3. The number of rotatable bonds is 4. The molecule has 1 aliphatic carbocycles. The van der Waals surface area contributed by atoms with Crippen molar-refractivity contribution in [1.82, 2.24) is 9.80 Å². The second-order valence-corrected chi connectivity index (χ2v) is 10.2. The van der Waals surface area contributed by atoms with Crippen LogP contribution in [0.3, 0.4) is 0 Å². The van der Waals surface area contributed by atoms with Gasteiger partial charge in [-0.25, -0.2) is 0 Å². The van der Waals surface area contributed by atoms with Gasteiger partial charge >= 0.3 is 5.97 Å². The second-order valence-electron chi connectivity index (χ2n) is 10.2. The third-order valence-electron chi connectivity index (χ3n) is 8.20. The van der Waals surface area contributed by atoms with E-state index < -0.39 is 35.6 Å². The standard InChI is InChI=1S/C26H36N2O6/c29-16-9-15-28-22-24(31)27(18-10-4-3-5-11-18)14-8-13-26(22)21(23(28)30)20-19(34-26)12-6-1-2-7-17-33-25(20)32/h6,8,12-13,18-22,29H,1-5,7,9-11,14-17H2/b12-6-/t19-,20+,21+,22?,26+/m1/s1. The number of hydrogen-bond acceptors (Lipinski definition) is 6. The second kappa shape index (κ2) is 9.82. The van der Waals surface area contributed by atoms with Gasteiger partial charge in [-0.3, -0.25) is 14.4 Å². The number of allylic oxidation sites excluding steroid dienone is 1. The van der Waals surface area contributed by atoms with Gasteiger partial charge in [0, 0.05) is 25.7 Å². The molecule has 8 nitrogen and oxygen atoms in total. The summed E-state index contributed by atoms with van der Waals surface area (Å²) in [5.41, 5.74) is -1.21. The highest BCUT2D eigenvalue weighted by atomic mass is 16.6. The molecule has 0 aromatic rings. The lowest BCUT2D eigenvalue weighted by Gasteiger charge is -2.39. The van der Waals surface area contributed by atoms with Crippen molar-refractivity contribution in [1.29, 1.82) is 0 Å². The number of cyclic esters (lactones) is 1. The lowest BCUT2D eigenvalue weighted by molar-refractivity contribution is -0.155. The van der Waals surface area contributed by atoms with E-state index in [1.54, 1.807) is 4.90 Å². The number of amides is 2. The van der Waals surface area contributed by atoms with E-state index in [0.29, 0.717) is 19.6 Å². The molecule has 5 atom stereocenters.